The topological polar surface area (TPSA) is 121 Å². The molecule has 4 aliphatic carbocycles. The van der Waals surface area contributed by atoms with E-state index in [0.29, 0.717) is 22.3 Å². The second-order valence-electron chi connectivity index (χ2n) is 23.2. The molecule has 12 heteroatoms. The zero-order chi connectivity index (χ0) is 54.7. The minimum absolute atomic E-state index is 0. The predicted molar refractivity (Wildman–Crippen MR) is 311 cm³/mol. The van der Waals surface area contributed by atoms with Crippen molar-refractivity contribution in [3.05, 3.63) is 220 Å². The second-order valence-corrected chi connectivity index (χ2v) is 23.2. The molecule has 410 valence electrons. The lowest BCUT2D eigenvalue weighted by Gasteiger charge is -2.42. The monoisotopic (exact) mass is 1090 g/mol. The summed E-state index contributed by atoms with van der Waals surface area (Å²) in [7, 11) is 5.74. The Morgan fingerprint density at radius 3 is 0.963 bits per heavy atom. The summed E-state index contributed by atoms with van der Waals surface area (Å²) in [6.45, 7) is 0. The van der Waals surface area contributed by atoms with E-state index in [4.69, 9.17) is 18.9 Å². The number of carbonyl (C=O) groups is 4. The van der Waals surface area contributed by atoms with E-state index < -0.39 is 5.91 Å². The molecule has 0 amide bonds. The van der Waals surface area contributed by atoms with E-state index in [1.807, 2.05) is 48.5 Å². The number of rotatable bonds is 8. The van der Waals surface area contributed by atoms with Crippen LogP contribution in [-0.4, -0.2) is 82.0 Å². The first-order valence-corrected chi connectivity index (χ1v) is 29.1. The van der Waals surface area contributed by atoms with E-state index in [2.05, 4.69) is 66.8 Å². The van der Waals surface area contributed by atoms with Crippen LogP contribution in [0.3, 0.4) is 0 Å². The van der Waals surface area contributed by atoms with E-state index in [0.717, 1.165) is 125 Å². The Kier molecular flexibility index (Phi) is 11.3. The molecule has 8 heterocycles. The predicted octanol–water partition coefficient (Wildman–Crippen LogP) is 10.6. The largest absolute Gasteiger partial charge is 0.554 e. The molecule has 6 aromatic rings. The van der Waals surface area contributed by atoms with E-state index in [-0.39, 0.29) is 31.3 Å². The van der Waals surface area contributed by atoms with Crippen LogP contribution in [0.25, 0.3) is 22.3 Å². The average molecular weight is 1090 g/mol. The van der Waals surface area contributed by atoms with Crippen molar-refractivity contribution in [3.8, 4) is 0 Å². The quantitative estimate of drug-likeness (QED) is 0.0839. The molecular weight excluding hydrogens is 1020 g/mol. The lowest BCUT2D eigenvalue weighted by atomic mass is 9.82. The van der Waals surface area contributed by atoms with E-state index in [9.17, 15) is 19.2 Å². The average Bonchev–Trinajstić information content (AvgIpc) is 1.62. The number of carbonyl (C=O) groups excluding carboxylic acids is 4. The highest BCUT2D eigenvalue weighted by Crippen LogP contribution is 2.61. The fourth-order valence-corrected chi connectivity index (χ4v) is 16.2. The maximum absolute atomic E-state index is 13.3. The Morgan fingerprint density at radius 1 is 0.366 bits per heavy atom. The number of hydrogen-bond donors (Lipinski definition) is 0. The number of esters is 4. The van der Waals surface area contributed by atoms with E-state index in [1.165, 1.54) is 140 Å². The Balaban J connectivity index is 0.00000576. The van der Waals surface area contributed by atoms with Crippen molar-refractivity contribution >= 4 is 57.6 Å². The number of ether oxygens (including phenoxy) is 4. The van der Waals surface area contributed by atoms with Gasteiger partial charge in [-0.05, 0) is 196 Å². The third-order valence-electron chi connectivity index (χ3n) is 19.4. The molecule has 1 spiro atoms. The van der Waals surface area contributed by atoms with Crippen molar-refractivity contribution in [2.24, 2.45) is 0 Å². The summed E-state index contributed by atoms with van der Waals surface area (Å²) >= 11 is 0. The maximum atomic E-state index is 13.3. The van der Waals surface area contributed by atoms with Crippen LogP contribution in [0.4, 0.5) is 0 Å². The molecular formula is C70H64N4O8+2. The molecule has 10 aliphatic rings. The number of aromatic nitrogens is 2. The molecule has 0 unspecified atom stereocenters. The van der Waals surface area contributed by atoms with Gasteiger partial charge in [-0.25, -0.2) is 19.2 Å². The number of methoxy groups -OCH3 is 4. The summed E-state index contributed by atoms with van der Waals surface area (Å²) < 4.78 is 32.4. The standard InChI is InChI=1S/C69H60N4O8.CH4/c1-78-65(74)41-29-21-37(22-30-41)53-57-45-13-5-7-15-47(45)59-54(38-23-31-42(32-24-38)66(75)79-2)61-49-17-9-11-19-51(49)63-56(40-27-35-44(36-28-40)68(77)81-4)64-52-20-12-10-18-50(52)62-55(39-25-33-43(34-26-39)67(76)80-3)60-48-16-8-6-14-46(48)58(53)71(60)69(70(57)59,72(61)63)73(62)64;/h21-36H,5-20H2,1-4H3;1H4/q+2;. The Morgan fingerprint density at radius 2 is 0.646 bits per heavy atom. The normalized spacial score (nSPS) is 19.0. The number of allylic oxidation sites excluding steroid dienone is 4. The van der Waals surface area contributed by atoms with Gasteiger partial charge in [-0.1, -0.05) is 65.1 Å². The van der Waals surface area contributed by atoms with Crippen molar-refractivity contribution in [2.75, 3.05) is 28.4 Å². The fourth-order valence-electron chi connectivity index (χ4n) is 16.2. The molecule has 0 bridgehead atoms. The van der Waals surface area contributed by atoms with Crippen molar-refractivity contribution < 1.29 is 47.3 Å². The Labute approximate surface area is 476 Å². The maximum Gasteiger partial charge on any atom is 0.554 e. The van der Waals surface area contributed by atoms with Gasteiger partial charge in [0.2, 0.25) is 22.8 Å². The van der Waals surface area contributed by atoms with Gasteiger partial charge in [0, 0.05) is 22.3 Å². The number of benzene rings is 4. The molecule has 0 fully saturated rings. The zero-order valence-electron chi connectivity index (χ0n) is 46.1. The van der Waals surface area contributed by atoms with Crippen molar-refractivity contribution in [3.63, 3.8) is 0 Å². The minimum atomic E-state index is -1.07. The van der Waals surface area contributed by atoms with Gasteiger partial charge < -0.3 is 18.9 Å². The minimum Gasteiger partial charge on any atom is -0.465 e. The van der Waals surface area contributed by atoms with Gasteiger partial charge >= 0.3 is 29.8 Å². The van der Waals surface area contributed by atoms with Gasteiger partial charge in [-0.2, -0.15) is 9.13 Å². The summed E-state index contributed by atoms with van der Waals surface area (Å²) in [4.78, 5) is 53.1. The molecule has 0 atom stereocenters. The van der Waals surface area contributed by atoms with Gasteiger partial charge in [0.05, 0.1) is 95.1 Å². The Bertz CT molecular complexity index is 4030. The first-order valence-electron chi connectivity index (χ1n) is 29.1. The van der Waals surface area contributed by atoms with Crippen LogP contribution in [-0.2, 0) is 50.5 Å². The van der Waals surface area contributed by atoms with Gasteiger partial charge in [-0.15, -0.1) is 0 Å². The second kappa shape index (κ2) is 18.4. The van der Waals surface area contributed by atoms with Crippen LogP contribution in [0.5, 0.6) is 0 Å². The summed E-state index contributed by atoms with van der Waals surface area (Å²) in [5.41, 5.74) is 29.2. The number of hydrogen-bond acceptors (Lipinski definition) is 8. The van der Waals surface area contributed by atoms with Gasteiger partial charge in [0.15, 0.2) is 0 Å². The molecule has 16 rings (SSSR count). The van der Waals surface area contributed by atoms with Crippen LogP contribution in [0.2, 0.25) is 0 Å². The summed E-state index contributed by atoms with van der Waals surface area (Å²) in [5.74, 6) is -2.56. The fraction of sp³-hybridized carbons (Fsp3) is 0.314. The zero-order valence-corrected chi connectivity index (χ0v) is 46.1. The van der Waals surface area contributed by atoms with Gasteiger partial charge in [0.1, 0.15) is 0 Å². The molecule has 0 saturated heterocycles. The smallest absolute Gasteiger partial charge is 0.465 e. The Hall–Kier alpha value is -8.64. The highest BCUT2D eigenvalue weighted by atomic mass is 16.5. The molecule has 2 aromatic heterocycles. The molecule has 4 aromatic carbocycles. The van der Waals surface area contributed by atoms with Gasteiger partial charge in [0.25, 0.3) is 0 Å². The molecule has 0 N–H and O–H groups in total. The van der Waals surface area contributed by atoms with Crippen LogP contribution in [0.1, 0.15) is 182 Å². The third kappa shape index (κ3) is 6.38. The van der Waals surface area contributed by atoms with Crippen molar-refractivity contribution in [1.82, 2.24) is 9.13 Å². The lowest BCUT2D eigenvalue weighted by molar-refractivity contribution is -0.835. The van der Waals surface area contributed by atoms with Crippen molar-refractivity contribution in [1.29, 1.82) is 0 Å². The van der Waals surface area contributed by atoms with Crippen LogP contribution in [0.15, 0.2) is 131 Å². The molecule has 6 aliphatic heterocycles. The SMILES string of the molecule is C.COC(=O)c1ccc(C2=C3C4=C(CCCC4)C4=[N+]3C35n6c2c2c(c6C(c6ccc(C(=O)OC)cc6)=C6C7=C(CCCC7)C(=[N+]63)C(c3ccc(C(=O)OC)cc3)=c3c6c(c(n35)=C4c3ccc(C(=O)OC)cc3)CCCC6)CCCC2)cc1. The molecule has 0 saturated carbocycles. The summed E-state index contributed by atoms with van der Waals surface area (Å²) in [5, 5.41) is 2.45. The van der Waals surface area contributed by atoms with E-state index in [1.54, 1.807) is 0 Å². The molecule has 82 heavy (non-hydrogen) atoms. The number of nitrogens with zero attached hydrogens (tertiary/aromatic N) is 4. The van der Waals surface area contributed by atoms with Crippen LogP contribution < -0.4 is 10.7 Å². The van der Waals surface area contributed by atoms with E-state index >= 15 is 0 Å². The highest BCUT2D eigenvalue weighted by Gasteiger charge is 2.77. The first kappa shape index (κ1) is 50.3. The van der Waals surface area contributed by atoms with Gasteiger partial charge in [-0.3, -0.25) is 0 Å². The molecule has 0 radical (unpaired) electrons. The first-order chi connectivity index (χ1) is 39.7. The molecule has 12 nitrogen and oxygen atoms in total. The summed E-state index contributed by atoms with van der Waals surface area (Å²) in [6, 6.07) is 32.6. The van der Waals surface area contributed by atoms with Crippen LogP contribution >= 0.6 is 0 Å². The van der Waals surface area contributed by atoms with Crippen molar-refractivity contribution in [2.45, 2.75) is 116 Å². The lowest BCUT2D eigenvalue weighted by Crippen LogP contribution is -2.72. The highest BCUT2D eigenvalue weighted by molar-refractivity contribution is 6.33. The number of fused-ring (bicyclic) bond motifs is 10. The third-order valence-corrected chi connectivity index (χ3v) is 19.4. The van der Waals surface area contributed by atoms with Crippen LogP contribution in [0, 0.1) is 0 Å². The summed E-state index contributed by atoms with van der Waals surface area (Å²) in [6.07, 6.45) is 15.7.